The van der Waals surface area contributed by atoms with E-state index in [1.807, 2.05) is 12.3 Å². The predicted molar refractivity (Wildman–Crippen MR) is 53.7 cm³/mol. The van der Waals surface area contributed by atoms with Gasteiger partial charge in [-0.15, -0.1) is 0 Å². The van der Waals surface area contributed by atoms with Gasteiger partial charge in [0, 0.05) is 12.2 Å². The fourth-order valence-electron chi connectivity index (χ4n) is 1.88. The molecule has 1 aliphatic carbocycles. The van der Waals surface area contributed by atoms with Gasteiger partial charge in [-0.1, -0.05) is 0 Å². The number of nitrogens with zero attached hydrogens (tertiary/aromatic N) is 3. The highest BCUT2D eigenvalue weighted by molar-refractivity contribution is 5.75. The number of rotatable bonds is 2. The standard InChI is InChI=1S/C10H12N4/c11-5-10-13-8-6-12-4-3-9(8)14(10)7-1-2-7/h3-4,6-7H,1-2,5,11H2. The molecule has 0 aliphatic heterocycles. The first-order valence-corrected chi connectivity index (χ1v) is 4.91. The van der Waals surface area contributed by atoms with Crippen LogP contribution < -0.4 is 5.73 Å². The molecule has 0 saturated heterocycles. The van der Waals surface area contributed by atoms with E-state index in [2.05, 4.69) is 14.5 Å². The first kappa shape index (κ1) is 7.94. The number of hydrogen-bond donors (Lipinski definition) is 1. The molecule has 0 unspecified atom stereocenters. The lowest BCUT2D eigenvalue weighted by molar-refractivity contribution is 0.701. The number of nitrogens with two attached hydrogens (primary N) is 1. The number of fused-ring (bicyclic) bond motifs is 1. The van der Waals surface area contributed by atoms with Crippen molar-refractivity contribution in [3.8, 4) is 0 Å². The second-order valence-corrected chi connectivity index (χ2v) is 3.70. The lowest BCUT2D eigenvalue weighted by atomic mass is 10.4. The first-order chi connectivity index (χ1) is 6.90. The maximum Gasteiger partial charge on any atom is 0.123 e. The summed E-state index contributed by atoms with van der Waals surface area (Å²) >= 11 is 0. The lowest BCUT2D eigenvalue weighted by Gasteiger charge is -2.04. The summed E-state index contributed by atoms with van der Waals surface area (Å²) in [6.45, 7) is 0.505. The Hall–Kier alpha value is -1.42. The van der Waals surface area contributed by atoms with Crippen molar-refractivity contribution in [2.24, 2.45) is 5.73 Å². The molecule has 1 aliphatic rings. The summed E-state index contributed by atoms with van der Waals surface area (Å²) in [7, 11) is 0. The van der Waals surface area contributed by atoms with Crippen molar-refractivity contribution in [3.05, 3.63) is 24.3 Å². The Morgan fingerprint density at radius 3 is 3.07 bits per heavy atom. The minimum atomic E-state index is 0.505. The van der Waals surface area contributed by atoms with Crippen LogP contribution in [0.2, 0.25) is 0 Å². The minimum absolute atomic E-state index is 0.505. The molecule has 0 bridgehead atoms. The molecule has 4 heteroatoms. The zero-order valence-corrected chi connectivity index (χ0v) is 7.85. The van der Waals surface area contributed by atoms with Crippen molar-refractivity contribution >= 4 is 11.0 Å². The summed E-state index contributed by atoms with van der Waals surface area (Å²) in [4.78, 5) is 8.53. The Bertz CT molecular complexity index is 470. The highest BCUT2D eigenvalue weighted by Crippen LogP contribution is 2.38. The van der Waals surface area contributed by atoms with Crippen LogP contribution in [0.3, 0.4) is 0 Å². The maximum absolute atomic E-state index is 5.68. The highest BCUT2D eigenvalue weighted by atomic mass is 15.1. The molecule has 14 heavy (non-hydrogen) atoms. The molecule has 2 aromatic heterocycles. The molecule has 2 heterocycles. The van der Waals surface area contributed by atoms with Crippen molar-refractivity contribution in [2.75, 3.05) is 0 Å². The summed E-state index contributed by atoms with van der Waals surface area (Å²) in [6, 6.07) is 2.64. The van der Waals surface area contributed by atoms with Crippen LogP contribution >= 0.6 is 0 Å². The van der Waals surface area contributed by atoms with E-state index in [0.29, 0.717) is 12.6 Å². The molecule has 0 aromatic carbocycles. The van der Waals surface area contributed by atoms with Crippen LogP contribution in [0.4, 0.5) is 0 Å². The third-order valence-electron chi connectivity index (χ3n) is 2.66. The van der Waals surface area contributed by atoms with Crippen LogP contribution in [-0.4, -0.2) is 14.5 Å². The zero-order valence-electron chi connectivity index (χ0n) is 7.85. The molecule has 1 saturated carbocycles. The SMILES string of the molecule is NCc1nc2cnccc2n1C1CC1. The number of pyridine rings is 1. The number of aromatic nitrogens is 3. The van der Waals surface area contributed by atoms with Gasteiger partial charge in [0.2, 0.25) is 0 Å². The van der Waals surface area contributed by atoms with Crippen LogP contribution in [0.1, 0.15) is 24.7 Å². The molecule has 0 atom stereocenters. The normalized spacial score (nSPS) is 16.4. The summed E-state index contributed by atoms with van der Waals surface area (Å²) in [5, 5.41) is 0. The van der Waals surface area contributed by atoms with E-state index in [4.69, 9.17) is 5.73 Å². The fraction of sp³-hybridized carbons (Fsp3) is 0.400. The molecule has 0 spiro atoms. The van der Waals surface area contributed by atoms with E-state index < -0.39 is 0 Å². The Labute approximate surface area is 81.8 Å². The Morgan fingerprint density at radius 1 is 1.50 bits per heavy atom. The Kier molecular flexibility index (Phi) is 1.58. The Balaban J connectivity index is 2.29. The minimum Gasteiger partial charge on any atom is -0.324 e. The van der Waals surface area contributed by atoms with Crippen molar-refractivity contribution in [1.29, 1.82) is 0 Å². The quantitative estimate of drug-likeness (QED) is 0.771. The predicted octanol–water partition coefficient (Wildman–Crippen LogP) is 1.22. The molecule has 2 N–H and O–H groups in total. The van der Waals surface area contributed by atoms with Crippen LogP contribution in [-0.2, 0) is 6.54 Å². The van der Waals surface area contributed by atoms with E-state index in [1.165, 1.54) is 18.4 Å². The monoisotopic (exact) mass is 188 g/mol. The Morgan fingerprint density at radius 2 is 2.36 bits per heavy atom. The third-order valence-corrected chi connectivity index (χ3v) is 2.66. The van der Waals surface area contributed by atoms with E-state index >= 15 is 0 Å². The molecule has 2 aromatic rings. The smallest absolute Gasteiger partial charge is 0.123 e. The topological polar surface area (TPSA) is 56.7 Å². The van der Waals surface area contributed by atoms with Gasteiger partial charge in [0.15, 0.2) is 0 Å². The summed E-state index contributed by atoms with van der Waals surface area (Å²) < 4.78 is 2.26. The third kappa shape index (κ3) is 1.04. The molecule has 3 rings (SSSR count). The average molecular weight is 188 g/mol. The van der Waals surface area contributed by atoms with Gasteiger partial charge in [0.1, 0.15) is 11.3 Å². The van der Waals surface area contributed by atoms with Gasteiger partial charge in [0.05, 0.1) is 18.3 Å². The molecular formula is C10H12N4. The number of hydrogen-bond acceptors (Lipinski definition) is 3. The van der Waals surface area contributed by atoms with E-state index in [1.54, 1.807) is 6.20 Å². The molecule has 0 radical (unpaired) electrons. The van der Waals surface area contributed by atoms with Crippen LogP contribution in [0.25, 0.3) is 11.0 Å². The zero-order chi connectivity index (χ0) is 9.54. The van der Waals surface area contributed by atoms with Gasteiger partial charge in [-0.05, 0) is 18.9 Å². The average Bonchev–Trinajstić information content (AvgIpc) is 2.98. The first-order valence-electron chi connectivity index (χ1n) is 4.91. The van der Waals surface area contributed by atoms with Gasteiger partial charge < -0.3 is 10.3 Å². The van der Waals surface area contributed by atoms with Crippen molar-refractivity contribution < 1.29 is 0 Å². The van der Waals surface area contributed by atoms with Crippen molar-refractivity contribution in [2.45, 2.75) is 25.4 Å². The second kappa shape index (κ2) is 2.78. The lowest BCUT2D eigenvalue weighted by Crippen LogP contribution is -2.06. The maximum atomic E-state index is 5.68. The summed E-state index contributed by atoms with van der Waals surface area (Å²) in [5.74, 6) is 0.982. The molecule has 4 nitrogen and oxygen atoms in total. The number of imidazole rings is 1. The fourth-order valence-corrected chi connectivity index (χ4v) is 1.88. The molecule has 1 fully saturated rings. The highest BCUT2D eigenvalue weighted by Gasteiger charge is 2.27. The van der Waals surface area contributed by atoms with E-state index in [-0.39, 0.29) is 0 Å². The largest absolute Gasteiger partial charge is 0.324 e. The van der Waals surface area contributed by atoms with Gasteiger partial charge in [-0.2, -0.15) is 0 Å². The van der Waals surface area contributed by atoms with Gasteiger partial charge in [-0.3, -0.25) is 4.98 Å². The van der Waals surface area contributed by atoms with Crippen molar-refractivity contribution in [1.82, 2.24) is 14.5 Å². The molecular weight excluding hydrogens is 176 g/mol. The summed E-state index contributed by atoms with van der Waals surface area (Å²) in [5.41, 5.74) is 7.80. The van der Waals surface area contributed by atoms with E-state index in [9.17, 15) is 0 Å². The van der Waals surface area contributed by atoms with E-state index in [0.717, 1.165) is 11.3 Å². The van der Waals surface area contributed by atoms with Gasteiger partial charge >= 0.3 is 0 Å². The van der Waals surface area contributed by atoms with Crippen LogP contribution in [0, 0.1) is 0 Å². The van der Waals surface area contributed by atoms with Crippen molar-refractivity contribution in [3.63, 3.8) is 0 Å². The second-order valence-electron chi connectivity index (χ2n) is 3.70. The van der Waals surface area contributed by atoms with Crippen LogP contribution in [0.5, 0.6) is 0 Å². The van der Waals surface area contributed by atoms with Crippen LogP contribution in [0.15, 0.2) is 18.5 Å². The molecule has 0 amide bonds. The van der Waals surface area contributed by atoms with Gasteiger partial charge in [-0.25, -0.2) is 4.98 Å². The molecule has 72 valence electrons. The summed E-state index contributed by atoms with van der Waals surface area (Å²) in [6.07, 6.45) is 6.11. The van der Waals surface area contributed by atoms with Gasteiger partial charge in [0.25, 0.3) is 0 Å².